The number of hydrogen-bond donors (Lipinski definition) is 1. The van der Waals surface area contributed by atoms with Crippen molar-refractivity contribution in [2.75, 3.05) is 23.4 Å². The zero-order valence-corrected chi connectivity index (χ0v) is 14.7. The standard InChI is InChI=1S/C17H20N4O3S/c1-2-21(14-8-9-25(23,24)12-14)17(22)15-10-19-16(11-18-15)20-13-6-4-3-5-7-13/h3-7,10-11,14H,2,8-9,12H2,1H3,(H,19,20). The van der Waals surface area contributed by atoms with E-state index in [0.717, 1.165) is 5.69 Å². The van der Waals surface area contributed by atoms with E-state index < -0.39 is 9.84 Å². The van der Waals surface area contributed by atoms with E-state index in [2.05, 4.69) is 15.3 Å². The highest BCUT2D eigenvalue weighted by molar-refractivity contribution is 7.91. The van der Waals surface area contributed by atoms with Gasteiger partial charge in [-0.15, -0.1) is 0 Å². The fourth-order valence-corrected chi connectivity index (χ4v) is 4.64. The van der Waals surface area contributed by atoms with E-state index in [1.807, 2.05) is 37.3 Å². The van der Waals surface area contributed by atoms with Crippen LogP contribution in [0.1, 0.15) is 23.8 Å². The van der Waals surface area contributed by atoms with E-state index in [1.54, 1.807) is 4.90 Å². The lowest BCUT2D eigenvalue weighted by Crippen LogP contribution is -2.41. The van der Waals surface area contributed by atoms with Gasteiger partial charge in [-0.25, -0.2) is 18.4 Å². The Morgan fingerprint density at radius 3 is 2.56 bits per heavy atom. The fraction of sp³-hybridized carbons (Fsp3) is 0.353. The average Bonchev–Trinajstić information content (AvgIpc) is 2.97. The normalized spacial score (nSPS) is 18.7. The molecule has 1 aliphatic rings. The number of hydrogen-bond acceptors (Lipinski definition) is 6. The van der Waals surface area contributed by atoms with Gasteiger partial charge in [0.25, 0.3) is 5.91 Å². The van der Waals surface area contributed by atoms with Crippen LogP contribution in [0.15, 0.2) is 42.7 Å². The number of nitrogens with zero attached hydrogens (tertiary/aromatic N) is 3. The van der Waals surface area contributed by atoms with E-state index in [1.165, 1.54) is 12.4 Å². The van der Waals surface area contributed by atoms with E-state index in [-0.39, 0.29) is 29.1 Å². The Morgan fingerprint density at radius 1 is 1.24 bits per heavy atom. The van der Waals surface area contributed by atoms with Crippen LogP contribution in [0.25, 0.3) is 0 Å². The number of carbonyl (C=O) groups is 1. The third-order valence-corrected chi connectivity index (χ3v) is 5.92. The quantitative estimate of drug-likeness (QED) is 0.875. The van der Waals surface area contributed by atoms with Crippen LogP contribution < -0.4 is 5.32 Å². The molecule has 1 atom stereocenters. The Kier molecular flexibility index (Phi) is 4.98. The first-order valence-electron chi connectivity index (χ1n) is 8.14. The number of nitrogens with one attached hydrogen (secondary N) is 1. The molecule has 1 saturated heterocycles. The summed E-state index contributed by atoms with van der Waals surface area (Å²) in [5.41, 5.74) is 1.09. The lowest BCUT2D eigenvalue weighted by atomic mass is 10.2. The minimum absolute atomic E-state index is 0.0215. The van der Waals surface area contributed by atoms with Gasteiger partial charge >= 0.3 is 0 Å². The van der Waals surface area contributed by atoms with Crippen LogP contribution in [0.4, 0.5) is 11.5 Å². The van der Waals surface area contributed by atoms with Crippen LogP contribution in [-0.2, 0) is 9.84 Å². The molecule has 3 rings (SSSR count). The molecule has 0 radical (unpaired) electrons. The Morgan fingerprint density at radius 2 is 2.00 bits per heavy atom. The van der Waals surface area contributed by atoms with Crippen molar-refractivity contribution in [2.45, 2.75) is 19.4 Å². The molecule has 1 aromatic heterocycles. The van der Waals surface area contributed by atoms with Crippen molar-refractivity contribution in [3.8, 4) is 0 Å². The third kappa shape index (κ3) is 4.14. The summed E-state index contributed by atoms with van der Waals surface area (Å²) >= 11 is 0. The first kappa shape index (κ1) is 17.3. The maximum absolute atomic E-state index is 12.7. The molecule has 1 aromatic carbocycles. The molecule has 1 N–H and O–H groups in total. The first-order chi connectivity index (χ1) is 12.0. The monoisotopic (exact) mass is 360 g/mol. The first-order valence-corrected chi connectivity index (χ1v) is 9.96. The van der Waals surface area contributed by atoms with Gasteiger partial charge in [-0.1, -0.05) is 18.2 Å². The molecule has 25 heavy (non-hydrogen) atoms. The number of carbonyl (C=O) groups excluding carboxylic acids is 1. The summed E-state index contributed by atoms with van der Waals surface area (Å²) in [7, 11) is -3.05. The average molecular weight is 360 g/mol. The molecule has 0 aliphatic carbocycles. The lowest BCUT2D eigenvalue weighted by molar-refractivity contribution is 0.0702. The van der Waals surface area contributed by atoms with Gasteiger partial charge in [0.15, 0.2) is 9.84 Å². The maximum Gasteiger partial charge on any atom is 0.274 e. The van der Waals surface area contributed by atoms with E-state index in [4.69, 9.17) is 0 Å². The summed E-state index contributed by atoms with van der Waals surface area (Å²) in [6, 6.07) is 9.25. The highest BCUT2D eigenvalue weighted by Gasteiger charge is 2.34. The number of benzene rings is 1. The smallest absolute Gasteiger partial charge is 0.274 e. The molecule has 0 saturated carbocycles. The van der Waals surface area contributed by atoms with Gasteiger partial charge in [0.1, 0.15) is 11.5 Å². The third-order valence-electron chi connectivity index (χ3n) is 4.17. The number of sulfone groups is 1. The second kappa shape index (κ2) is 7.18. The van der Waals surface area contributed by atoms with Gasteiger partial charge in [0, 0.05) is 18.3 Å². The van der Waals surface area contributed by atoms with Crippen molar-refractivity contribution in [3.05, 3.63) is 48.4 Å². The predicted octanol–water partition coefficient (Wildman–Crippen LogP) is 1.87. The van der Waals surface area contributed by atoms with Crippen molar-refractivity contribution >= 4 is 27.2 Å². The van der Waals surface area contributed by atoms with Crippen LogP contribution in [-0.4, -0.2) is 53.3 Å². The summed E-state index contributed by atoms with van der Waals surface area (Å²) in [6.07, 6.45) is 3.39. The minimum atomic E-state index is -3.05. The Labute approximate surface area is 147 Å². The van der Waals surface area contributed by atoms with Gasteiger partial charge in [0.05, 0.1) is 23.9 Å². The van der Waals surface area contributed by atoms with Crippen LogP contribution in [0.5, 0.6) is 0 Å². The Balaban J connectivity index is 1.71. The highest BCUT2D eigenvalue weighted by Crippen LogP contribution is 2.20. The van der Waals surface area contributed by atoms with Gasteiger partial charge in [-0.05, 0) is 25.5 Å². The summed E-state index contributed by atoms with van der Waals surface area (Å²) in [5, 5.41) is 3.10. The molecular formula is C17H20N4O3S. The molecule has 0 spiro atoms. The summed E-state index contributed by atoms with van der Waals surface area (Å²) in [5.74, 6) is 0.401. The summed E-state index contributed by atoms with van der Waals surface area (Å²) in [4.78, 5) is 22.6. The zero-order chi connectivity index (χ0) is 17.9. The number of para-hydroxylation sites is 1. The van der Waals surface area contributed by atoms with Crippen LogP contribution in [0, 0.1) is 0 Å². The van der Waals surface area contributed by atoms with E-state index >= 15 is 0 Å². The molecule has 1 amide bonds. The summed E-state index contributed by atoms with van der Waals surface area (Å²) < 4.78 is 23.3. The molecule has 132 valence electrons. The predicted molar refractivity (Wildman–Crippen MR) is 95.5 cm³/mol. The fourth-order valence-electron chi connectivity index (χ4n) is 2.91. The molecule has 7 nitrogen and oxygen atoms in total. The van der Waals surface area contributed by atoms with Gasteiger partial charge in [-0.3, -0.25) is 4.79 Å². The lowest BCUT2D eigenvalue weighted by Gasteiger charge is -2.26. The molecule has 8 heteroatoms. The number of rotatable bonds is 5. The topological polar surface area (TPSA) is 92.3 Å². The van der Waals surface area contributed by atoms with Crippen LogP contribution in [0.2, 0.25) is 0 Å². The van der Waals surface area contributed by atoms with Crippen molar-refractivity contribution in [3.63, 3.8) is 0 Å². The molecule has 1 aliphatic heterocycles. The van der Waals surface area contributed by atoms with Gasteiger partial charge in [0.2, 0.25) is 0 Å². The molecular weight excluding hydrogens is 340 g/mol. The van der Waals surface area contributed by atoms with Crippen LogP contribution in [0.3, 0.4) is 0 Å². The second-order valence-corrected chi connectivity index (χ2v) is 8.15. The molecule has 1 unspecified atom stereocenters. The zero-order valence-electron chi connectivity index (χ0n) is 13.9. The SMILES string of the molecule is CCN(C(=O)c1cnc(Nc2ccccc2)cn1)C1CCS(=O)(=O)C1. The van der Waals surface area contributed by atoms with Crippen molar-refractivity contribution in [2.24, 2.45) is 0 Å². The summed E-state index contributed by atoms with van der Waals surface area (Å²) in [6.45, 7) is 2.27. The van der Waals surface area contributed by atoms with E-state index in [0.29, 0.717) is 18.8 Å². The number of amides is 1. The largest absolute Gasteiger partial charge is 0.339 e. The maximum atomic E-state index is 12.7. The van der Waals surface area contributed by atoms with Crippen molar-refractivity contribution in [1.29, 1.82) is 0 Å². The minimum Gasteiger partial charge on any atom is -0.339 e. The van der Waals surface area contributed by atoms with Crippen molar-refractivity contribution in [1.82, 2.24) is 14.9 Å². The molecule has 2 heterocycles. The van der Waals surface area contributed by atoms with Crippen LogP contribution >= 0.6 is 0 Å². The number of anilines is 2. The Bertz CT molecular complexity index is 838. The van der Waals surface area contributed by atoms with Gasteiger partial charge < -0.3 is 10.2 Å². The van der Waals surface area contributed by atoms with Gasteiger partial charge in [-0.2, -0.15) is 0 Å². The number of aromatic nitrogens is 2. The Hall–Kier alpha value is -2.48. The van der Waals surface area contributed by atoms with Crippen molar-refractivity contribution < 1.29 is 13.2 Å². The molecule has 1 fully saturated rings. The highest BCUT2D eigenvalue weighted by atomic mass is 32.2. The second-order valence-electron chi connectivity index (χ2n) is 5.93. The molecule has 0 bridgehead atoms. The van der Waals surface area contributed by atoms with E-state index in [9.17, 15) is 13.2 Å². The molecule has 2 aromatic rings.